The van der Waals surface area contributed by atoms with Crippen LogP contribution in [0.25, 0.3) is 0 Å². The topological polar surface area (TPSA) is 41.1 Å². The normalized spacial score (nSPS) is 16.7. The summed E-state index contributed by atoms with van der Waals surface area (Å²) in [7, 11) is 0. The van der Waals surface area contributed by atoms with Gasteiger partial charge in [0.1, 0.15) is 0 Å². The van der Waals surface area contributed by atoms with Crippen molar-refractivity contribution >= 4 is 11.6 Å². The van der Waals surface area contributed by atoms with Crippen molar-refractivity contribution in [2.45, 2.75) is 32.6 Å². The SMILES string of the molecule is CCC1(CNC(=O)CNc2ccccc2)CCC1. The highest BCUT2D eigenvalue weighted by Gasteiger charge is 2.34. The molecule has 0 unspecified atom stereocenters. The minimum atomic E-state index is 0.0820. The lowest BCUT2D eigenvalue weighted by atomic mass is 9.67. The van der Waals surface area contributed by atoms with Gasteiger partial charge in [0.15, 0.2) is 0 Å². The first-order valence-corrected chi connectivity index (χ1v) is 6.80. The van der Waals surface area contributed by atoms with Crippen LogP contribution in [0.5, 0.6) is 0 Å². The Bertz CT molecular complexity index is 379. The van der Waals surface area contributed by atoms with Gasteiger partial charge in [0.05, 0.1) is 6.54 Å². The molecule has 3 nitrogen and oxygen atoms in total. The molecule has 3 heteroatoms. The van der Waals surface area contributed by atoms with Crippen molar-refractivity contribution in [3.8, 4) is 0 Å². The van der Waals surface area contributed by atoms with Crippen molar-refractivity contribution in [1.29, 1.82) is 0 Å². The zero-order valence-corrected chi connectivity index (χ0v) is 11.0. The van der Waals surface area contributed by atoms with Gasteiger partial charge in [-0.05, 0) is 36.8 Å². The monoisotopic (exact) mass is 246 g/mol. The van der Waals surface area contributed by atoms with Crippen molar-refractivity contribution < 1.29 is 4.79 Å². The van der Waals surface area contributed by atoms with Gasteiger partial charge < -0.3 is 10.6 Å². The summed E-state index contributed by atoms with van der Waals surface area (Å²) < 4.78 is 0. The molecule has 0 heterocycles. The minimum absolute atomic E-state index is 0.0820. The number of rotatable bonds is 6. The summed E-state index contributed by atoms with van der Waals surface area (Å²) in [6.07, 6.45) is 5.00. The van der Waals surface area contributed by atoms with E-state index in [1.54, 1.807) is 0 Å². The molecule has 0 saturated heterocycles. The van der Waals surface area contributed by atoms with Crippen LogP contribution in [0.1, 0.15) is 32.6 Å². The maximum atomic E-state index is 11.7. The molecule has 1 aliphatic rings. The number of nitrogens with one attached hydrogen (secondary N) is 2. The van der Waals surface area contributed by atoms with Crippen molar-refractivity contribution in [3.05, 3.63) is 30.3 Å². The average Bonchev–Trinajstić information content (AvgIpc) is 2.37. The van der Waals surface area contributed by atoms with Crippen LogP contribution in [0.3, 0.4) is 0 Å². The van der Waals surface area contributed by atoms with E-state index in [2.05, 4.69) is 17.6 Å². The molecule has 1 aromatic rings. The Hall–Kier alpha value is -1.51. The highest BCUT2D eigenvalue weighted by molar-refractivity contribution is 5.80. The Kier molecular flexibility index (Phi) is 4.24. The van der Waals surface area contributed by atoms with Crippen LogP contribution in [0, 0.1) is 5.41 Å². The first-order chi connectivity index (χ1) is 8.74. The van der Waals surface area contributed by atoms with Crippen LogP contribution in [0.4, 0.5) is 5.69 Å². The highest BCUT2D eigenvalue weighted by atomic mass is 16.1. The van der Waals surface area contributed by atoms with Crippen molar-refractivity contribution in [2.24, 2.45) is 5.41 Å². The first kappa shape index (κ1) is 12.9. The molecule has 1 aliphatic carbocycles. The lowest BCUT2D eigenvalue weighted by molar-refractivity contribution is -0.120. The molecule has 2 N–H and O–H groups in total. The summed E-state index contributed by atoms with van der Waals surface area (Å²) in [5.74, 6) is 0.0820. The fraction of sp³-hybridized carbons (Fsp3) is 0.533. The molecular formula is C15H22N2O. The van der Waals surface area contributed by atoms with Gasteiger partial charge in [-0.25, -0.2) is 0 Å². The number of para-hydroxylation sites is 1. The lowest BCUT2D eigenvalue weighted by Crippen LogP contribution is -2.43. The third-order valence-corrected chi connectivity index (χ3v) is 4.05. The van der Waals surface area contributed by atoms with E-state index in [9.17, 15) is 4.79 Å². The van der Waals surface area contributed by atoms with E-state index in [1.165, 1.54) is 25.7 Å². The van der Waals surface area contributed by atoms with E-state index in [0.717, 1.165) is 12.2 Å². The molecular weight excluding hydrogens is 224 g/mol. The van der Waals surface area contributed by atoms with E-state index >= 15 is 0 Å². The second-order valence-electron chi connectivity index (χ2n) is 5.20. The number of benzene rings is 1. The largest absolute Gasteiger partial charge is 0.376 e. The predicted molar refractivity (Wildman–Crippen MR) is 74.5 cm³/mol. The fourth-order valence-corrected chi connectivity index (χ4v) is 2.42. The second kappa shape index (κ2) is 5.89. The third kappa shape index (κ3) is 3.25. The Morgan fingerprint density at radius 3 is 2.56 bits per heavy atom. The van der Waals surface area contributed by atoms with Crippen LogP contribution in [0.2, 0.25) is 0 Å². The van der Waals surface area contributed by atoms with Gasteiger partial charge in [-0.2, -0.15) is 0 Å². The fourth-order valence-electron chi connectivity index (χ4n) is 2.42. The van der Waals surface area contributed by atoms with E-state index in [4.69, 9.17) is 0 Å². The standard InChI is InChI=1S/C15H22N2O/c1-2-15(9-6-10-15)12-17-14(18)11-16-13-7-4-3-5-8-13/h3-5,7-8,16H,2,6,9-12H2,1H3,(H,17,18). The Balaban J connectivity index is 1.69. The number of carbonyl (C=O) groups excluding carboxylic acids is 1. The summed E-state index contributed by atoms with van der Waals surface area (Å²) in [6.45, 7) is 3.40. The van der Waals surface area contributed by atoms with Crippen LogP contribution >= 0.6 is 0 Å². The quantitative estimate of drug-likeness (QED) is 0.810. The van der Waals surface area contributed by atoms with Crippen LogP contribution < -0.4 is 10.6 Å². The number of hydrogen-bond acceptors (Lipinski definition) is 2. The van der Waals surface area contributed by atoms with Gasteiger partial charge in [0, 0.05) is 12.2 Å². The molecule has 0 aliphatic heterocycles. The number of amides is 1. The minimum Gasteiger partial charge on any atom is -0.376 e. The third-order valence-electron chi connectivity index (χ3n) is 4.05. The predicted octanol–water partition coefficient (Wildman–Crippen LogP) is 2.80. The summed E-state index contributed by atoms with van der Waals surface area (Å²) in [5.41, 5.74) is 1.38. The van der Waals surface area contributed by atoms with Crippen LogP contribution in [-0.2, 0) is 4.79 Å². The summed E-state index contributed by atoms with van der Waals surface area (Å²) in [5, 5.41) is 6.17. The van der Waals surface area contributed by atoms with E-state index in [0.29, 0.717) is 12.0 Å². The zero-order chi connectivity index (χ0) is 12.8. The molecule has 0 atom stereocenters. The van der Waals surface area contributed by atoms with E-state index in [-0.39, 0.29) is 5.91 Å². The van der Waals surface area contributed by atoms with Crippen molar-refractivity contribution in [3.63, 3.8) is 0 Å². The number of anilines is 1. The maximum Gasteiger partial charge on any atom is 0.239 e. The number of carbonyl (C=O) groups is 1. The van der Waals surface area contributed by atoms with Gasteiger partial charge in [-0.15, -0.1) is 0 Å². The van der Waals surface area contributed by atoms with E-state index in [1.807, 2.05) is 30.3 Å². The van der Waals surface area contributed by atoms with Gasteiger partial charge in [0.2, 0.25) is 5.91 Å². The smallest absolute Gasteiger partial charge is 0.239 e. The molecule has 1 saturated carbocycles. The number of hydrogen-bond donors (Lipinski definition) is 2. The van der Waals surface area contributed by atoms with Gasteiger partial charge >= 0.3 is 0 Å². The van der Waals surface area contributed by atoms with Crippen molar-refractivity contribution in [1.82, 2.24) is 5.32 Å². The molecule has 0 aromatic heterocycles. The molecule has 0 radical (unpaired) electrons. The van der Waals surface area contributed by atoms with Crippen molar-refractivity contribution in [2.75, 3.05) is 18.4 Å². The Morgan fingerprint density at radius 1 is 1.28 bits per heavy atom. The Morgan fingerprint density at radius 2 is 2.00 bits per heavy atom. The van der Waals surface area contributed by atoms with Crippen LogP contribution in [-0.4, -0.2) is 19.0 Å². The molecule has 18 heavy (non-hydrogen) atoms. The lowest BCUT2D eigenvalue weighted by Gasteiger charge is -2.41. The zero-order valence-electron chi connectivity index (χ0n) is 11.0. The van der Waals surface area contributed by atoms with Gasteiger partial charge in [-0.1, -0.05) is 31.5 Å². The molecule has 1 aromatic carbocycles. The Labute approximate surface area is 109 Å². The summed E-state index contributed by atoms with van der Waals surface area (Å²) in [6, 6.07) is 9.81. The molecule has 1 amide bonds. The van der Waals surface area contributed by atoms with Crippen LogP contribution in [0.15, 0.2) is 30.3 Å². The first-order valence-electron chi connectivity index (χ1n) is 6.80. The molecule has 1 fully saturated rings. The molecule has 2 rings (SSSR count). The molecule has 0 bridgehead atoms. The maximum absolute atomic E-state index is 11.7. The van der Waals surface area contributed by atoms with Gasteiger partial charge in [0.25, 0.3) is 0 Å². The molecule has 98 valence electrons. The molecule has 0 spiro atoms. The average molecular weight is 246 g/mol. The summed E-state index contributed by atoms with van der Waals surface area (Å²) in [4.78, 5) is 11.7. The van der Waals surface area contributed by atoms with E-state index < -0.39 is 0 Å². The highest BCUT2D eigenvalue weighted by Crippen LogP contribution is 2.42. The summed E-state index contributed by atoms with van der Waals surface area (Å²) >= 11 is 0. The second-order valence-corrected chi connectivity index (χ2v) is 5.20. The van der Waals surface area contributed by atoms with Gasteiger partial charge in [-0.3, -0.25) is 4.79 Å².